The van der Waals surface area contributed by atoms with Crippen LogP contribution in [0.25, 0.3) is 0 Å². The third kappa shape index (κ3) is 3.76. The monoisotopic (exact) mass is 314 g/mol. The van der Waals surface area contributed by atoms with Gasteiger partial charge in [0.25, 0.3) is 5.56 Å². The van der Waals surface area contributed by atoms with Crippen LogP contribution in [0.2, 0.25) is 0 Å². The van der Waals surface area contributed by atoms with Gasteiger partial charge in [-0.15, -0.1) is 13.2 Å². The van der Waals surface area contributed by atoms with Gasteiger partial charge in [0.1, 0.15) is 0 Å². The summed E-state index contributed by atoms with van der Waals surface area (Å²) in [5, 5.41) is 10.3. The first-order valence-electron chi connectivity index (χ1n) is 7.02. The summed E-state index contributed by atoms with van der Waals surface area (Å²) in [4.78, 5) is 27.6. The molecular weight excluding hydrogens is 291 g/mol. The Labute approximate surface area is 123 Å². The number of ether oxygens (including phenoxy) is 1. The molecule has 2 rings (SSSR count). The minimum atomic E-state index is -1.18. The molecule has 1 aliphatic heterocycles. The van der Waals surface area contributed by atoms with Crippen LogP contribution in [0.15, 0.2) is 15.8 Å². The second kappa shape index (κ2) is 5.95. The highest BCUT2D eigenvalue weighted by molar-refractivity contribution is 7.72. The molecule has 118 valence electrons. The van der Waals surface area contributed by atoms with Crippen molar-refractivity contribution in [3.05, 3.63) is 32.6 Å². The molecule has 0 radical (unpaired) electrons. The van der Waals surface area contributed by atoms with Gasteiger partial charge in [0.15, 0.2) is 0 Å². The van der Waals surface area contributed by atoms with E-state index in [1.54, 1.807) is 0 Å². The highest BCUT2D eigenvalue weighted by Gasteiger charge is 2.42. The largest absolute Gasteiger partial charge is 0.390 e. The second-order valence-corrected chi connectivity index (χ2v) is 10.7. The fourth-order valence-corrected chi connectivity index (χ4v) is 3.57. The van der Waals surface area contributed by atoms with E-state index in [1.165, 1.54) is 6.20 Å². The van der Waals surface area contributed by atoms with Crippen LogP contribution in [0.3, 0.4) is 0 Å². The minimum absolute atomic E-state index is 0.201. The molecule has 4 atom stereocenters. The van der Waals surface area contributed by atoms with E-state index in [1.807, 2.05) is 6.92 Å². The van der Waals surface area contributed by atoms with Crippen molar-refractivity contribution in [2.75, 3.05) is 19.5 Å². The van der Waals surface area contributed by atoms with Gasteiger partial charge in [-0.3, -0.25) is 9.78 Å². The molecule has 0 bridgehead atoms. The summed E-state index contributed by atoms with van der Waals surface area (Å²) in [7, 11) is 0. The van der Waals surface area contributed by atoms with Gasteiger partial charge in [-0.05, 0) is 25.9 Å². The summed E-state index contributed by atoms with van der Waals surface area (Å²) in [6.07, 6.45) is 5.77. The average Bonchev–Trinajstić information content (AvgIpc) is 2.64. The lowest BCUT2D eigenvalue weighted by Crippen LogP contribution is -2.28. The smallest absolute Gasteiger partial charge is 0.325 e. The van der Waals surface area contributed by atoms with Crippen molar-refractivity contribution in [3.63, 3.8) is 0 Å². The molecule has 6 nitrogen and oxygen atoms in total. The van der Waals surface area contributed by atoms with Crippen LogP contribution in [-0.4, -0.2) is 53.1 Å². The molecule has 1 unspecified atom stereocenters. The van der Waals surface area contributed by atoms with Crippen molar-refractivity contribution in [2.24, 2.45) is 5.92 Å². The van der Waals surface area contributed by atoms with Gasteiger partial charge in [-0.1, -0.05) is 6.92 Å². The Hall–Kier alpha value is -1.10. The molecule has 21 heavy (non-hydrogen) atoms. The molecule has 1 aromatic rings. The number of aliphatic hydroxyl groups excluding tert-OH is 1. The van der Waals surface area contributed by atoms with Crippen molar-refractivity contribution >= 4 is 13.2 Å². The fourth-order valence-electron chi connectivity index (χ4n) is 2.61. The van der Waals surface area contributed by atoms with Gasteiger partial charge in [0, 0.05) is 12.1 Å². The molecule has 0 saturated carbocycles. The van der Waals surface area contributed by atoms with Crippen molar-refractivity contribution in [1.29, 1.82) is 0 Å². The van der Waals surface area contributed by atoms with E-state index in [4.69, 9.17) is 4.74 Å². The maximum absolute atomic E-state index is 11.9. The maximum atomic E-state index is 11.9. The van der Waals surface area contributed by atoms with Crippen molar-refractivity contribution in [1.82, 2.24) is 9.97 Å². The Morgan fingerprint density at radius 3 is 2.67 bits per heavy atom. The first-order valence-corrected chi connectivity index (χ1v) is 10.1. The van der Waals surface area contributed by atoms with Gasteiger partial charge >= 0.3 is 5.69 Å². The SMILES string of the molecule is C=P(C)(C)CCC1O[C@@H](c2c[nH]c(=O)[nH]c2=O)[C@H](C)[C@@H]1O. The standard InChI is InChI=1S/C14H23N2O4P/c1-8-11(17)10(5-6-21(2,3)4)20-12(8)9-7-15-14(19)16-13(9)18/h7-8,10-12,17H,2,5-6H2,1,3-4H3,(H2,15,16,18,19)/t8-,10?,11+,12-/m1/s1. The van der Waals surface area contributed by atoms with E-state index in [0.29, 0.717) is 5.56 Å². The van der Waals surface area contributed by atoms with Gasteiger partial charge in [0.2, 0.25) is 0 Å². The Morgan fingerprint density at radius 1 is 1.43 bits per heavy atom. The lowest BCUT2D eigenvalue weighted by atomic mass is 9.94. The maximum Gasteiger partial charge on any atom is 0.325 e. The normalized spacial score (nSPS) is 29.7. The van der Waals surface area contributed by atoms with E-state index in [9.17, 15) is 14.7 Å². The highest BCUT2D eigenvalue weighted by atomic mass is 31.2. The van der Waals surface area contributed by atoms with Crippen LogP contribution in [0.4, 0.5) is 0 Å². The topological polar surface area (TPSA) is 95.2 Å². The Balaban J connectivity index is 2.18. The predicted molar refractivity (Wildman–Crippen MR) is 85.8 cm³/mol. The van der Waals surface area contributed by atoms with E-state index in [-0.39, 0.29) is 12.0 Å². The van der Waals surface area contributed by atoms with Crippen LogP contribution < -0.4 is 11.2 Å². The Bertz CT molecular complexity index is 659. The van der Waals surface area contributed by atoms with Crippen LogP contribution in [0.5, 0.6) is 0 Å². The third-order valence-corrected chi connectivity index (χ3v) is 5.36. The number of rotatable bonds is 4. The Kier molecular flexibility index (Phi) is 4.61. The molecule has 0 aromatic carbocycles. The number of aromatic nitrogens is 2. The molecule has 1 aromatic heterocycles. The zero-order valence-electron chi connectivity index (χ0n) is 12.6. The van der Waals surface area contributed by atoms with E-state index in [2.05, 4.69) is 29.6 Å². The highest BCUT2D eigenvalue weighted by Crippen LogP contribution is 2.42. The quantitative estimate of drug-likeness (QED) is 0.709. The molecule has 1 fully saturated rings. The van der Waals surface area contributed by atoms with Gasteiger partial charge < -0.3 is 14.8 Å². The summed E-state index contributed by atoms with van der Waals surface area (Å²) in [5.41, 5.74) is -0.657. The summed E-state index contributed by atoms with van der Waals surface area (Å²) >= 11 is 0. The van der Waals surface area contributed by atoms with Crippen LogP contribution in [0.1, 0.15) is 25.0 Å². The molecule has 1 saturated heterocycles. The number of H-pyrrole nitrogens is 2. The molecule has 2 heterocycles. The lowest BCUT2D eigenvalue weighted by Gasteiger charge is -2.18. The molecule has 0 aliphatic carbocycles. The average molecular weight is 314 g/mol. The van der Waals surface area contributed by atoms with Gasteiger partial charge in [-0.2, -0.15) is 0 Å². The van der Waals surface area contributed by atoms with Crippen LogP contribution >= 0.6 is 6.89 Å². The summed E-state index contributed by atoms with van der Waals surface area (Å²) in [6.45, 7) is 4.95. The fraction of sp³-hybridized carbons (Fsp3) is 0.643. The molecule has 0 amide bonds. The lowest BCUT2D eigenvalue weighted by molar-refractivity contribution is 0.00757. The predicted octanol–water partition coefficient (Wildman–Crippen LogP) is 0.599. The van der Waals surface area contributed by atoms with Crippen molar-refractivity contribution in [2.45, 2.75) is 31.7 Å². The van der Waals surface area contributed by atoms with E-state index < -0.39 is 30.3 Å². The third-order valence-electron chi connectivity index (χ3n) is 3.89. The summed E-state index contributed by atoms with van der Waals surface area (Å²) < 4.78 is 5.89. The summed E-state index contributed by atoms with van der Waals surface area (Å²) in [5.74, 6) is -0.201. The summed E-state index contributed by atoms with van der Waals surface area (Å²) in [6, 6.07) is 0. The van der Waals surface area contributed by atoms with Crippen LogP contribution in [-0.2, 0) is 4.74 Å². The first-order chi connectivity index (χ1) is 9.69. The molecule has 1 aliphatic rings. The zero-order chi connectivity index (χ0) is 15.8. The molecule has 3 N–H and O–H groups in total. The van der Waals surface area contributed by atoms with Crippen molar-refractivity contribution < 1.29 is 9.84 Å². The van der Waals surface area contributed by atoms with E-state index >= 15 is 0 Å². The van der Waals surface area contributed by atoms with Crippen LogP contribution in [0, 0.1) is 5.92 Å². The Morgan fingerprint density at radius 2 is 2.10 bits per heavy atom. The number of nitrogens with one attached hydrogen (secondary N) is 2. The van der Waals surface area contributed by atoms with Crippen molar-refractivity contribution in [3.8, 4) is 0 Å². The van der Waals surface area contributed by atoms with Gasteiger partial charge in [0.05, 0.1) is 23.9 Å². The minimum Gasteiger partial charge on any atom is -0.390 e. The van der Waals surface area contributed by atoms with E-state index in [0.717, 1.165) is 12.6 Å². The number of hydrogen-bond acceptors (Lipinski definition) is 4. The molecule has 7 heteroatoms. The number of aliphatic hydroxyl groups is 1. The second-order valence-electron chi connectivity index (χ2n) is 6.42. The van der Waals surface area contributed by atoms with Gasteiger partial charge in [-0.25, -0.2) is 4.79 Å². The number of aromatic amines is 2. The molecule has 0 spiro atoms. The first kappa shape index (κ1) is 16.3. The number of hydrogen-bond donors (Lipinski definition) is 3. The zero-order valence-corrected chi connectivity index (χ0v) is 13.5. The molecular formula is C14H23N2O4P.